The van der Waals surface area contributed by atoms with Crippen LogP contribution >= 0.6 is 0 Å². The average molecular weight is 330 g/mol. The Morgan fingerprint density at radius 3 is 2.67 bits per heavy atom. The van der Waals surface area contributed by atoms with Gasteiger partial charge in [0.15, 0.2) is 0 Å². The van der Waals surface area contributed by atoms with E-state index in [2.05, 4.69) is 36.9 Å². The summed E-state index contributed by atoms with van der Waals surface area (Å²) in [5.41, 5.74) is 0.830. The third kappa shape index (κ3) is 2.77. The molecule has 4 heteroatoms. The van der Waals surface area contributed by atoms with Gasteiger partial charge < -0.3 is 9.64 Å². The number of rotatable bonds is 3. The predicted molar refractivity (Wildman–Crippen MR) is 95.8 cm³/mol. The van der Waals surface area contributed by atoms with E-state index >= 15 is 0 Å². The highest BCUT2D eigenvalue weighted by atomic mass is 19.1. The zero-order valence-corrected chi connectivity index (χ0v) is 15.3. The van der Waals surface area contributed by atoms with E-state index in [1.807, 2.05) is 19.1 Å². The highest BCUT2D eigenvalue weighted by molar-refractivity contribution is 5.55. The molecule has 0 aliphatic carbocycles. The van der Waals surface area contributed by atoms with E-state index < -0.39 is 5.67 Å². The van der Waals surface area contributed by atoms with Crippen LogP contribution in [0.3, 0.4) is 0 Å². The Morgan fingerprint density at radius 2 is 2.08 bits per heavy atom. The Labute approximate surface area is 144 Å². The van der Waals surface area contributed by atoms with E-state index in [0.29, 0.717) is 5.56 Å². The van der Waals surface area contributed by atoms with Crippen LogP contribution in [0.4, 0.5) is 10.2 Å². The molecular weight excluding hydrogens is 303 g/mol. The van der Waals surface area contributed by atoms with Gasteiger partial charge in [0.25, 0.3) is 0 Å². The van der Waals surface area contributed by atoms with Gasteiger partial charge in [-0.2, -0.15) is 0 Å². The molecule has 2 fully saturated rings. The number of nitrogens with zero attached hydrogens (tertiary/aromatic N) is 2. The molecule has 3 atom stereocenters. The quantitative estimate of drug-likeness (QED) is 0.753. The largest absolute Gasteiger partial charge is 0.369 e. The van der Waals surface area contributed by atoms with Gasteiger partial charge in [-0.05, 0) is 58.7 Å². The molecule has 0 radical (unpaired) electrons. The van der Waals surface area contributed by atoms with Crippen LogP contribution in [0.15, 0.2) is 37.1 Å². The van der Waals surface area contributed by atoms with Crippen molar-refractivity contribution in [3.8, 4) is 0 Å². The molecule has 130 valence electrons. The van der Waals surface area contributed by atoms with Crippen molar-refractivity contribution < 1.29 is 9.13 Å². The van der Waals surface area contributed by atoms with E-state index in [-0.39, 0.29) is 23.7 Å². The second-order valence-corrected chi connectivity index (χ2v) is 8.07. The van der Waals surface area contributed by atoms with Gasteiger partial charge in [0.05, 0.1) is 17.7 Å². The lowest BCUT2D eigenvalue weighted by atomic mass is 9.93. The van der Waals surface area contributed by atoms with Crippen LogP contribution in [0.5, 0.6) is 0 Å². The van der Waals surface area contributed by atoms with Crippen molar-refractivity contribution in [2.45, 2.75) is 64.5 Å². The molecule has 2 aliphatic rings. The van der Waals surface area contributed by atoms with Gasteiger partial charge in [0.1, 0.15) is 11.5 Å². The summed E-state index contributed by atoms with van der Waals surface area (Å²) in [5, 5.41) is 0. The fraction of sp³-hybridized carbons (Fsp3) is 0.550. The number of halogens is 1. The van der Waals surface area contributed by atoms with Crippen LogP contribution in [0.25, 0.3) is 0 Å². The second kappa shape index (κ2) is 5.41. The Bertz CT molecular complexity index is 689. The van der Waals surface area contributed by atoms with Crippen LogP contribution in [0.2, 0.25) is 0 Å². The minimum absolute atomic E-state index is 0.0224. The number of hydrogen-bond acceptors (Lipinski definition) is 3. The summed E-state index contributed by atoms with van der Waals surface area (Å²) in [4.78, 5) is 6.71. The van der Waals surface area contributed by atoms with Gasteiger partial charge in [-0.3, -0.25) is 0 Å². The minimum atomic E-state index is -1.42. The molecule has 3 heterocycles. The zero-order chi connectivity index (χ0) is 17.9. The fourth-order valence-corrected chi connectivity index (χ4v) is 3.93. The molecule has 0 N–H and O–H groups in total. The Kier molecular flexibility index (Phi) is 3.87. The molecule has 2 aliphatic heterocycles. The molecule has 0 amide bonds. The summed E-state index contributed by atoms with van der Waals surface area (Å²) in [7, 11) is 0. The maximum absolute atomic E-state index is 14.5. The number of aromatic nitrogens is 1. The lowest BCUT2D eigenvalue weighted by molar-refractivity contribution is -0.0188. The highest BCUT2D eigenvalue weighted by Crippen LogP contribution is 2.49. The number of hydrogen-bond donors (Lipinski definition) is 0. The van der Waals surface area contributed by atoms with E-state index in [0.717, 1.165) is 23.6 Å². The molecule has 1 aromatic heterocycles. The highest BCUT2D eigenvalue weighted by Gasteiger charge is 2.53. The van der Waals surface area contributed by atoms with Gasteiger partial charge in [-0.15, -0.1) is 6.58 Å². The molecule has 24 heavy (non-hydrogen) atoms. The fourth-order valence-electron chi connectivity index (χ4n) is 3.93. The number of anilines is 1. The van der Waals surface area contributed by atoms with E-state index in [9.17, 15) is 4.39 Å². The summed E-state index contributed by atoms with van der Waals surface area (Å²) < 4.78 is 20.7. The smallest absolute Gasteiger partial charge is 0.134 e. The molecule has 3 nitrogen and oxygen atoms in total. The maximum Gasteiger partial charge on any atom is 0.134 e. The zero-order valence-electron chi connectivity index (χ0n) is 15.3. The number of alkyl halides is 1. The molecule has 0 spiro atoms. The van der Waals surface area contributed by atoms with E-state index in [1.165, 1.54) is 0 Å². The SMILES string of the molecule is C=CC1C2OC(C)(C)CC2C(=C)N1c1cc(C(C)(C)F)cc(C)n1. The van der Waals surface area contributed by atoms with E-state index in [1.54, 1.807) is 19.9 Å². The number of ether oxygens (including phenoxy) is 1. The van der Waals surface area contributed by atoms with Crippen molar-refractivity contribution in [2.75, 3.05) is 4.90 Å². The summed E-state index contributed by atoms with van der Waals surface area (Å²) >= 11 is 0. The van der Waals surface area contributed by atoms with Gasteiger partial charge >= 0.3 is 0 Å². The molecule has 0 bridgehead atoms. The number of aryl methyl sites for hydroxylation is 1. The van der Waals surface area contributed by atoms with Crippen LogP contribution in [0.1, 0.15) is 45.4 Å². The molecule has 0 saturated carbocycles. The summed E-state index contributed by atoms with van der Waals surface area (Å²) in [6.45, 7) is 17.5. The van der Waals surface area contributed by atoms with Gasteiger partial charge in [-0.1, -0.05) is 12.7 Å². The standard InChI is InChI=1S/C20H27FN2O/c1-8-16-18-15(11-19(4,5)24-18)13(3)23(16)17-10-14(20(6,7)21)9-12(2)22-17/h8-10,15-16,18H,1,3,11H2,2,4-7H3. The lowest BCUT2D eigenvalue weighted by Crippen LogP contribution is -2.36. The lowest BCUT2D eigenvalue weighted by Gasteiger charge is -2.31. The molecule has 1 aromatic rings. The molecule has 2 saturated heterocycles. The first-order valence-electron chi connectivity index (χ1n) is 8.50. The topological polar surface area (TPSA) is 25.4 Å². The van der Waals surface area contributed by atoms with Crippen molar-refractivity contribution in [3.63, 3.8) is 0 Å². The maximum atomic E-state index is 14.5. The summed E-state index contributed by atoms with van der Waals surface area (Å²) in [6.07, 6.45) is 2.83. The van der Waals surface area contributed by atoms with Crippen LogP contribution < -0.4 is 4.90 Å². The molecular formula is C20H27FN2O. The van der Waals surface area contributed by atoms with Crippen LogP contribution in [0, 0.1) is 12.8 Å². The van der Waals surface area contributed by atoms with Crippen LogP contribution in [-0.4, -0.2) is 22.7 Å². The monoisotopic (exact) mass is 330 g/mol. The minimum Gasteiger partial charge on any atom is -0.369 e. The number of fused-ring (bicyclic) bond motifs is 1. The predicted octanol–water partition coefficient (Wildman–Crippen LogP) is 4.67. The van der Waals surface area contributed by atoms with Crippen molar-refractivity contribution >= 4 is 5.82 Å². The van der Waals surface area contributed by atoms with Gasteiger partial charge in [-0.25, -0.2) is 9.37 Å². The first-order valence-corrected chi connectivity index (χ1v) is 8.50. The first-order chi connectivity index (χ1) is 11.0. The Hall–Kier alpha value is -1.68. The Balaban J connectivity index is 2.03. The normalized spacial score (nSPS) is 29.0. The third-order valence-electron chi connectivity index (χ3n) is 5.05. The van der Waals surface area contributed by atoms with Crippen molar-refractivity contribution in [1.82, 2.24) is 4.98 Å². The summed E-state index contributed by atoms with van der Waals surface area (Å²) in [6, 6.07) is 3.58. The van der Waals surface area contributed by atoms with Gasteiger partial charge in [0, 0.05) is 17.3 Å². The summed E-state index contributed by atoms with van der Waals surface area (Å²) in [5.74, 6) is 0.966. The second-order valence-electron chi connectivity index (χ2n) is 8.07. The van der Waals surface area contributed by atoms with Crippen LogP contribution in [-0.2, 0) is 10.4 Å². The third-order valence-corrected chi connectivity index (χ3v) is 5.05. The van der Waals surface area contributed by atoms with Gasteiger partial charge in [0.2, 0.25) is 0 Å². The molecule has 3 unspecified atom stereocenters. The average Bonchev–Trinajstić information content (AvgIpc) is 2.89. The molecule has 3 rings (SSSR count). The van der Waals surface area contributed by atoms with Crippen molar-refractivity contribution in [1.29, 1.82) is 0 Å². The van der Waals surface area contributed by atoms with Crippen molar-refractivity contribution in [2.24, 2.45) is 5.92 Å². The number of pyridine rings is 1. The first kappa shape index (κ1) is 17.2. The Morgan fingerprint density at radius 1 is 1.42 bits per heavy atom. The van der Waals surface area contributed by atoms with Crippen molar-refractivity contribution in [3.05, 3.63) is 48.3 Å². The molecule has 0 aromatic carbocycles. The van der Waals surface area contributed by atoms with E-state index in [4.69, 9.17) is 4.74 Å².